The first kappa shape index (κ1) is 31.2. The summed E-state index contributed by atoms with van der Waals surface area (Å²) in [6.07, 6.45) is 3.90. The second-order valence-electron chi connectivity index (χ2n) is 12.5. The fourth-order valence-corrected chi connectivity index (χ4v) is 6.52. The van der Waals surface area contributed by atoms with E-state index in [1.54, 1.807) is 15.1 Å². The van der Waals surface area contributed by atoms with E-state index in [0.717, 1.165) is 53.0 Å². The van der Waals surface area contributed by atoms with Crippen LogP contribution in [0.2, 0.25) is 0 Å². The summed E-state index contributed by atoms with van der Waals surface area (Å²) in [5, 5.41) is 12.2. The molecule has 2 amide bonds. The molecule has 5 rings (SSSR count). The number of sulfonamides is 1. The van der Waals surface area contributed by atoms with Crippen molar-refractivity contribution in [3.8, 4) is 5.69 Å². The molecule has 0 spiro atoms. The van der Waals surface area contributed by atoms with Gasteiger partial charge >= 0.3 is 6.03 Å². The number of carbonyl (C=O) groups is 1. The molecule has 1 aromatic heterocycles. The van der Waals surface area contributed by atoms with E-state index in [9.17, 15) is 13.2 Å². The third-order valence-electron chi connectivity index (χ3n) is 7.94. The molecule has 1 aliphatic rings. The summed E-state index contributed by atoms with van der Waals surface area (Å²) in [6.45, 7) is 9.26. The Bertz CT molecular complexity index is 1710. The van der Waals surface area contributed by atoms with E-state index in [4.69, 9.17) is 5.10 Å². The van der Waals surface area contributed by atoms with Gasteiger partial charge in [-0.3, -0.25) is 5.32 Å². The van der Waals surface area contributed by atoms with Crippen molar-refractivity contribution in [2.24, 2.45) is 5.92 Å². The SMILES string of the molecule is Cc1ccc(-n2nc(C(C)(C)C)cc2NC(=O)Nc2ccccc2CC2CCN(S(=O)(=O)/C=C/c3ccccc3)CC2)cc1. The van der Waals surface area contributed by atoms with Crippen LogP contribution in [0.3, 0.4) is 0 Å². The van der Waals surface area contributed by atoms with Crippen molar-refractivity contribution >= 4 is 33.6 Å². The summed E-state index contributed by atoms with van der Waals surface area (Å²) < 4.78 is 29.2. The molecule has 0 radical (unpaired) electrons. The maximum atomic E-state index is 13.3. The van der Waals surface area contributed by atoms with Crippen LogP contribution in [0, 0.1) is 12.8 Å². The number of amides is 2. The van der Waals surface area contributed by atoms with E-state index < -0.39 is 10.0 Å². The lowest BCUT2D eigenvalue weighted by Gasteiger charge is -2.30. The third-order valence-corrected chi connectivity index (χ3v) is 9.50. The van der Waals surface area contributed by atoms with Gasteiger partial charge in [0, 0.05) is 35.7 Å². The number of hydrogen-bond acceptors (Lipinski definition) is 4. The molecule has 0 saturated carbocycles. The van der Waals surface area contributed by atoms with Gasteiger partial charge in [0.1, 0.15) is 5.82 Å². The summed E-state index contributed by atoms with van der Waals surface area (Å²) >= 11 is 0. The Kier molecular flexibility index (Phi) is 9.36. The molecule has 9 heteroatoms. The number of benzene rings is 3. The molecular weight excluding hydrogens is 570 g/mol. The Morgan fingerprint density at radius 1 is 0.932 bits per heavy atom. The average molecular weight is 612 g/mol. The van der Waals surface area contributed by atoms with Crippen LogP contribution in [-0.4, -0.2) is 41.6 Å². The van der Waals surface area contributed by atoms with Gasteiger partial charge in [0.2, 0.25) is 10.0 Å². The molecule has 2 heterocycles. The quantitative estimate of drug-likeness (QED) is 0.217. The number of nitrogens with zero attached hydrogens (tertiary/aromatic N) is 3. The Hall–Kier alpha value is -4.21. The van der Waals surface area contributed by atoms with Crippen LogP contribution in [0.4, 0.5) is 16.3 Å². The number of para-hydroxylation sites is 1. The van der Waals surface area contributed by atoms with Crippen LogP contribution < -0.4 is 10.6 Å². The van der Waals surface area contributed by atoms with Crippen molar-refractivity contribution in [3.63, 3.8) is 0 Å². The molecule has 8 nitrogen and oxygen atoms in total. The highest BCUT2D eigenvalue weighted by atomic mass is 32.2. The second-order valence-corrected chi connectivity index (χ2v) is 14.3. The van der Waals surface area contributed by atoms with Gasteiger partial charge in [-0.2, -0.15) is 9.40 Å². The largest absolute Gasteiger partial charge is 0.324 e. The third kappa shape index (κ3) is 7.84. The van der Waals surface area contributed by atoms with Crippen molar-refractivity contribution in [1.29, 1.82) is 0 Å². The topological polar surface area (TPSA) is 96.3 Å². The standard InChI is InChI=1S/C35H41N5O3S/c1-26-14-16-30(17-15-26)40-33(25-32(38-40)35(2,3)4)37-34(41)36-31-13-9-8-12-29(31)24-28-18-21-39(22-19-28)44(42,43)23-20-27-10-6-5-7-11-27/h5-17,20,23,25,28H,18-19,21-22,24H2,1-4H3,(H2,36,37,41)/b23-20+. The molecule has 0 bridgehead atoms. The number of rotatable bonds is 8. The minimum absolute atomic E-state index is 0.192. The van der Waals surface area contributed by atoms with Gasteiger partial charge in [0.05, 0.1) is 11.4 Å². The molecular formula is C35H41N5O3S. The first-order valence-electron chi connectivity index (χ1n) is 15.0. The molecule has 1 fully saturated rings. The van der Waals surface area contributed by atoms with E-state index in [2.05, 4.69) is 31.4 Å². The summed E-state index contributed by atoms with van der Waals surface area (Å²) in [7, 11) is -3.48. The maximum Gasteiger partial charge on any atom is 0.324 e. The summed E-state index contributed by atoms with van der Waals surface area (Å²) in [5.41, 5.74) is 5.31. The number of piperidine rings is 1. The molecule has 0 unspecified atom stereocenters. The van der Waals surface area contributed by atoms with Crippen LogP contribution in [0.5, 0.6) is 0 Å². The predicted octanol–water partition coefficient (Wildman–Crippen LogP) is 7.38. The van der Waals surface area contributed by atoms with Crippen LogP contribution >= 0.6 is 0 Å². The van der Waals surface area contributed by atoms with Crippen LogP contribution in [0.25, 0.3) is 11.8 Å². The van der Waals surface area contributed by atoms with E-state index >= 15 is 0 Å². The Balaban J connectivity index is 1.23. The molecule has 2 N–H and O–H groups in total. The minimum atomic E-state index is -3.48. The van der Waals surface area contributed by atoms with Gasteiger partial charge in [0.15, 0.2) is 0 Å². The first-order valence-corrected chi connectivity index (χ1v) is 16.5. The van der Waals surface area contributed by atoms with Gasteiger partial charge in [-0.05, 0) is 67.5 Å². The zero-order valence-corrected chi connectivity index (χ0v) is 26.6. The fourth-order valence-electron chi connectivity index (χ4n) is 5.30. The average Bonchev–Trinajstić information content (AvgIpc) is 3.43. The molecule has 1 aliphatic heterocycles. The van der Waals surface area contributed by atoms with Crippen LogP contribution in [0.15, 0.2) is 90.3 Å². The number of carbonyl (C=O) groups excluding carboxylic acids is 1. The number of nitrogens with one attached hydrogen (secondary N) is 2. The van der Waals surface area contributed by atoms with E-state index in [1.807, 2.05) is 91.9 Å². The summed E-state index contributed by atoms with van der Waals surface area (Å²) in [4.78, 5) is 13.3. The Morgan fingerprint density at radius 2 is 1.59 bits per heavy atom. The van der Waals surface area contributed by atoms with Crippen molar-refractivity contribution < 1.29 is 13.2 Å². The first-order chi connectivity index (χ1) is 21.0. The molecule has 44 heavy (non-hydrogen) atoms. The number of aryl methyl sites for hydroxylation is 1. The molecule has 1 saturated heterocycles. The zero-order valence-electron chi connectivity index (χ0n) is 25.8. The maximum absolute atomic E-state index is 13.3. The molecule has 4 aromatic rings. The lowest BCUT2D eigenvalue weighted by molar-refractivity contribution is 0.261. The van der Waals surface area contributed by atoms with Gasteiger partial charge in [-0.15, -0.1) is 0 Å². The fraction of sp³-hybridized carbons (Fsp3) is 0.314. The lowest BCUT2D eigenvalue weighted by atomic mass is 9.90. The molecule has 0 atom stereocenters. The normalized spacial score (nSPS) is 15.0. The second kappa shape index (κ2) is 13.2. The number of anilines is 2. The number of urea groups is 1. The Labute approximate surface area is 260 Å². The van der Waals surface area contributed by atoms with Gasteiger partial charge in [0.25, 0.3) is 0 Å². The van der Waals surface area contributed by atoms with Crippen molar-refractivity contribution in [2.45, 2.75) is 52.4 Å². The molecule has 230 valence electrons. The van der Waals surface area contributed by atoms with E-state index in [1.165, 1.54) is 5.41 Å². The van der Waals surface area contributed by atoms with Gasteiger partial charge < -0.3 is 5.32 Å². The smallest absolute Gasteiger partial charge is 0.307 e. The summed E-state index contributed by atoms with van der Waals surface area (Å²) in [5.74, 6) is 0.895. The van der Waals surface area contributed by atoms with Gasteiger partial charge in [-0.25, -0.2) is 17.9 Å². The number of hydrogen-bond donors (Lipinski definition) is 2. The van der Waals surface area contributed by atoms with E-state index in [-0.39, 0.29) is 11.4 Å². The lowest BCUT2D eigenvalue weighted by Crippen LogP contribution is -2.37. The number of aromatic nitrogens is 2. The van der Waals surface area contributed by atoms with Crippen molar-refractivity contribution in [1.82, 2.24) is 14.1 Å². The molecule has 3 aromatic carbocycles. The van der Waals surface area contributed by atoms with E-state index in [0.29, 0.717) is 24.8 Å². The highest BCUT2D eigenvalue weighted by Crippen LogP contribution is 2.29. The Morgan fingerprint density at radius 3 is 2.27 bits per heavy atom. The predicted molar refractivity (Wildman–Crippen MR) is 178 cm³/mol. The highest BCUT2D eigenvalue weighted by molar-refractivity contribution is 7.92. The van der Waals surface area contributed by atoms with Crippen molar-refractivity contribution in [3.05, 3.63) is 113 Å². The zero-order chi connectivity index (χ0) is 31.3. The minimum Gasteiger partial charge on any atom is -0.307 e. The van der Waals surface area contributed by atoms with Gasteiger partial charge in [-0.1, -0.05) is 87.0 Å². The van der Waals surface area contributed by atoms with Crippen molar-refractivity contribution in [2.75, 3.05) is 23.7 Å². The van der Waals surface area contributed by atoms with Crippen LogP contribution in [-0.2, 0) is 21.9 Å². The highest BCUT2D eigenvalue weighted by Gasteiger charge is 2.27. The summed E-state index contributed by atoms with van der Waals surface area (Å²) in [6, 6.07) is 26.8. The van der Waals surface area contributed by atoms with Crippen LogP contribution in [0.1, 0.15) is 56.0 Å². The monoisotopic (exact) mass is 611 g/mol. The molecule has 0 aliphatic carbocycles.